The minimum Gasteiger partial charge on any atom is -0.361 e. The van der Waals surface area contributed by atoms with Crippen LogP contribution in [0, 0.1) is 6.92 Å². The number of tetrazole rings is 1. The van der Waals surface area contributed by atoms with E-state index in [0.717, 1.165) is 17.3 Å². The van der Waals surface area contributed by atoms with Crippen molar-refractivity contribution < 1.29 is 4.52 Å². The third-order valence-electron chi connectivity index (χ3n) is 2.39. The van der Waals surface area contributed by atoms with Crippen molar-refractivity contribution >= 4 is 0 Å². The lowest BCUT2D eigenvalue weighted by atomic mass is 10.4. The van der Waals surface area contributed by atoms with Gasteiger partial charge in [0.05, 0.1) is 0 Å². The van der Waals surface area contributed by atoms with Gasteiger partial charge in [0.15, 0.2) is 5.82 Å². The molecule has 2 heterocycles. The molecule has 3 rings (SSSR count). The van der Waals surface area contributed by atoms with E-state index in [1.165, 1.54) is 12.8 Å². The van der Waals surface area contributed by atoms with Gasteiger partial charge >= 0.3 is 0 Å². The molecule has 78 valence electrons. The summed E-state index contributed by atoms with van der Waals surface area (Å²) in [5.74, 6) is 2.19. The molecule has 1 aliphatic carbocycles. The Hall–Kier alpha value is -1.72. The van der Waals surface area contributed by atoms with E-state index in [2.05, 4.69) is 20.6 Å². The molecular weight excluding hydrogens is 194 g/mol. The summed E-state index contributed by atoms with van der Waals surface area (Å²) in [5, 5.41) is 16.1. The van der Waals surface area contributed by atoms with Crippen LogP contribution in [0.3, 0.4) is 0 Å². The van der Waals surface area contributed by atoms with Crippen LogP contribution in [0.25, 0.3) is 0 Å². The first-order chi connectivity index (χ1) is 7.31. The summed E-state index contributed by atoms with van der Waals surface area (Å²) in [6.07, 6.45) is 2.38. The highest BCUT2D eigenvalue weighted by atomic mass is 16.5. The van der Waals surface area contributed by atoms with Crippen molar-refractivity contribution in [1.82, 2.24) is 25.4 Å². The van der Waals surface area contributed by atoms with E-state index >= 15 is 0 Å². The van der Waals surface area contributed by atoms with E-state index < -0.39 is 0 Å². The highest BCUT2D eigenvalue weighted by Crippen LogP contribution is 2.37. The SMILES string of the molecule is Cc1cc(Cn2nnc(C3CC3)n2)no1. The van der Waals surface area contributed by atoms with Gasteiger partial charge in [-0.1, -0.05) is 5.16 Å². The number of aryl methyl sites for hydroxylation is 1. The summed E-state index contributed by atoms with van der Waals surface area (Å²) < 4.78 is 4.96. The van der Waals surface area contributed by atoms with Crippen LogP contribution < -0.4 is 0 Å². The predicted octanol–water partition coefficient (Wildman–Crippen LogP) is 0.895. The molecule has 2 aromatic heterocycles. The van der Waals surface area contributed by atoms with Gasteiger partial charge in [-0.05, 0) is 25.0 Å². The van der Waals surface area contributed by atoms with Gasteiger partial charge in [-0.3, -0.25) is 0 Å². The normalized spacial score (nSPS) is 15.8. The lowest BCUT2D eigenvalue weighted by molar-refractivity contribution is 0.385. The van der Waals surface area contributed by atoms with Gasteiger partial charge in [0.25, 0.3) is 0 Å². The Morgan fingerprint density at radius 3 is 3.07 bits per heavy atom. The molecule has 0 N–H and O–H groups in total. The molecule has 6 heteroatoms. The van der Waals surface area contributed by atoms with Crippen molar-refractivity contribution in [1.29, 1.82) is 0 Å². The number of aromatic nitrogens is 5. The largest absolute Gasteiger partial charge is 0.361 e. The van der Waals surface area contributed by atoms with Crippen LogP contribution >= 0.6 is 0 Å². The topological polar surface area (TPSA) is 69.6 Å². The fraction of sp³-hybridized carbons (Fsp3) is 0.556. The van der Waals surface area contributed by atoms with Crippen LogP contribution in [0.2, 0.25) is 0 Å². The van der Waals surface area contributed by atoms with Crippen molar-refractivity contribution in [3.63, 3.8) is 0 Å². The van der Waals surface area contributed by atoms with Gasteiger partial charge < -0.3 is 4.52 Å². The van der Waals surface area contributed by atoms with E-state index in [9.17, 15) is 0 Å². The molecule has 0 aliphatic heterocycles. The molecule has 15 heavy (non-hydrogen) atoms. The zero-order valence-electron chi connectivity index (χ0n) is 8.42. The molecule has 0 radical (unpaired) electrons. The summed E-state index contributed by atoms with van der Waals surface area (Å²) >= 11 is 0. The maximum Gasteiger partial charge on any atom is 0.177 e. The molecule has 2 aromatic rings. The Bertz CT molecular complexity index is 470. The second-order valence-corrected chi connectivity index (χ2v) is 3.88. The van der Waals surface area contributed by atoms with Crippen molar-refractivity contribution in [3.05, 3.63) is 23.3 Å². The van der Waals surface area contributed by atoms with Gasteiger partial charge in [0, 0.05) is 12.0 Å². The lowest BCUT2D eigenvalue weighted by Gasteiger charge is -1.91. The summed E-state index contributed by atoms with van der Waals surface area (Å²) in [4.78, 5) is 1.56. The zero-order chi connectivity index (χ0) is 10.3. The molecule has 6 nitrogen and oxygen atoms in total. The molecule has 0 spiro atoms. The van der Waals surface area contributed by atoms with Crippen LogP contribution in [0.1, 0.15) is 36.0 Å². The fourth-order valence-electron chi connectivity index (χ4n) is 1.46. The zero-order valence-corrected chi connectivity index (χ0v) is 8.42. The van der Waals surface area contributed by atoms with Crippen molar-refractivity contribution in [2.24, 2.45) is 0 Å². The molecular formula is C9H11N5O. The quantitative estimate of drug-likeness (QED) is 0.744. The molecule has 1 saturated carbocycles. The molecule has 0 atom stereocenters. The Morgan fingerprint density at radius 2 is 2.40 bits per heavy atom. The standard InChI is InChI=1S/C9H11N5O/c1-6-4-8(12-15-6)5-14-11-9(10-13-14)7-2-3-7/h4,7H,2-3,5H2,1H3. The van der Waals surface area contributed by atoms with Gasteiger partial charge in [-0.25, -0.2) is 0 Å². The van der Waals surface area contributed by atoms with E-state index in [1.807, 2.05) is 13.0 Å². The van der Waals surface area contributed by atoms with E-state index in [-0.39, 0.29) is 0 Å². The highest BCUT2D eigenvalue weighted by molar-refractivity contribution is 5.04. The van der Waals surface area contributed by atoms with E-state index in [0.29, 0.717) is 12.5 Å². The van der Waals surface area contributed by atoms with Crippen LogP contribution in [-0.2, 0) is 6.54 Å². The third-order valence-corrected chi connectivity index (χ3v) is 2.39. The van der Waals surface area contributed by atoms with Gasteiger partial charge in [-0.15, -0.1) is 10.2 Å². The van der Waals surface area contributed by atoms with Crippen LogP contribution in [0.5, 0.6) is 0 Å². The van der Waals surface area contributed by atoms with Gasteiger partial charge in [0.1, 0.15) is 18.0 Å². The summed E-state index contributed by atoms with van der Waals surface area (Å²) in [6, 6.07) is 1.88. The average molecular weight is 205 g/mol. The molecule has 0 unspecified atom stereocenters. The van der Waals surface area contributed by atoms with Crippen molar-refractivity contribution in [3.8, 4) is 0 Å². The van der Waals surface area contributed by atoms with Crippen molar-refractivity contribution in [2.45, 2.75) is 32.2 Å². The Balaban J connectivity index is 1.75. The molecule has 0 aromatic carbocycles. The first kappa shape index (κ1) is 8.58. The van der Waals surface area contributed by atoms with Crippen LogP contribution in [-0.4, -0.2) is 25.4 Å². The number of nitrogens with zero attached hydrogens (tertiary/aromatic N) is 5. The molecule has 1 fully saturated rings. The first-order valence-corrected chi connectivity index (χ1v) is 5.01. The van der Waals surface area contributed by atoms with E-state index in [4.69, 9.17) is 4.52 Å². The van der Waals surface area contributed by atoms with Gasteiger partial charge in [-0.2, -0.15) is 4.80 Å². The Labute approximate surface area is 86.3 Å². The highest BCUT2D eigenvalue weighted by Gasteiger charge is 2.28. The smallest absolute Gasteiger partial charge is 0.177 e. The summed E-state index contributed by atoms with van der Waals surface area (Å²) in [6.45, 7) is 2.39. The average Bonchev–Trinajstić information content (AvgIpc) is 2.84. The number of hydrogen-bond donors (Lipinski definition) is 0. The Kier molecular flexibility index (Phi) is 1.80. The minimum absolute atomic E-state index is 0.525. The maximum absolute atomic E-state index is 4.96. The van der Waals surface area contributed by atoms with Crippen molar-refractivity contribution in [2.75, 3.05) is 0 Å². The molecule has 0 bridgehead atoms. The summed E-state index contributed by atoms with van der Waals surface area (Å²) in [7, 11) is 0. The second kappa shape index (κ2) is 3.15. The van der Waals surface area contributed by atoms with E-state index in [1.54, 1.807) is 4.80 Å². The lowest BCUT2D eigenvalue weighted by Crippen LogP contribution is -2.04. The monoisotopic (exact) mass is 205 g/mol. The maximum atomic E-state index is 4.96. The number of rotatable bonds is 3. The predicted molar refractivity (Wildman–Crippen MR) is 50.1 cm³/mol. The van der Waals surface area contributed by atoms with Crippen LogP contribution in [0.4, 0.5) is 0 Å². The molecule has 1 aliphatic rings. The summed E-state index contributed by atoms with van der Waals surface area (Å²) in [5.41, 5.74) is 0.826. The fourth-order valence-corrected chi connectivity index (χ4v) is 1.46. The molecule has 0 saturated heterocycles. The second-order valence-electron chi connectivity index (χ2n) is 3.88. The minimum atomic E-state index is 0.525. The first-order valence-electron chi connectivity index (χ1n) is 5.01. The Morgan fingerprint density at radius 1 is 1.53 bits per heavy atom. The molecule has 0 amide bonds. The van der Waals surface area contributed by atoms with Crippen LogP contribution in [0.15, 0.2) is 10.6 Å². The van der Waals surface area contributed by atoms with Gasteiger partial charge in [0.2, 0.25) is 0 Å². The third kappa shape index (κ3) is 1.74. The number of hydrogen-bond acceptors (Lipinski definition) is 5.